The average Bonchev–Trinajstić information content (AvgIpc) is 1.33. The molecule has 10 aliphatic heterocycles. The van der Waals surface area contributed by atoms with Gasteiger partial charge in [-0.15, -0.1) is 0 Å². The number of benzene rings is 12. The zero-order chi connectivity index (χ0) is 59.5. The van der Waals surface area contributed by atoms with Gasteiger partial charge in [0.2, 0.25) is 13.4 Å². The second-order valence-electron chi connectivity index (χ2n) is 29.3. The first kappa shape index (κ1) is 51.2. The molecule has 1 N–H and O–H groups in total. The van der Waals surface area contributed by atoms with Crippen LogP contribution in [-0.2, 0) is 0 Å². The molecule has 0 atom stereocenters. The topological polar surface area (TPSA) is 26.8 Å². The molecule has 17 heteroatoms. The van der Waals surface area contributed by atoms with Gasteiger partial charge in [-0.3, -0.25) is 0 Å². The fraction of sp³-hybridized carbons (Fsp3) is 0.0270. The first-order valence-electron chi connectivity index (χ1n) is 33.8. The van der Waals surface area contributed by atoms with Crippen molar-refractivity contribution in [1.82, 2.24) is 18.6 Å². The number of para-hydroxylation sites is 7. The van der Waals surface area contributed by atoms with E-state index >= 15 is 0 Å². The van der Waals surface area contributed by atoms with Gasteiger partial charge in [-0.2, -0.15) is 0 Å². The molecule has 7 fully saturated rings. The Bertz CT molecular complexity index is 5760. The van der Waals surface area contributed by atoms with E-state index in [1.807, 2.05) is 5.30 Å². The third-order valence-electron chi connectivity index (χ3n) is 25.9. The van der Waals surface area contributed by atoms with Crippen LogP contribution in [0, 0.1) is 13.8 Å². The van der Waals surface area contributed by atoms with Gasteiger partial charge in [-0.1, -0.05) is 174 Å². The standard InChI is InChI=1S/2C25H18BN.C24H20B9N2P2/c1-17-9-7-14-21-24(17)27-23-16-6-5-12-19(23)20-13-8-15-22(25(20)27)26(21)18-10-3-2-4-11-18;1-17-14-15-23-20(16-17)19-10-7-12-22-25(19)27(23)24-13-6-5-11-21(24)26(22)18-8-3-2-4-9-18;1-2-8-16(9-3-1)28-18-11-4-5-13-20(18)35-21-14-7-15-22(23(21)17-10-6-12-19(28)24(17)35)36(29-25-30(36)33(29)36)34-37-26-31(37)32(37)27-37/h2*2-16H,1H3;1-15,34H,25-26H2/q;;-2. The Kier molecular flexibility index (Phi) is 9.78. The maximum atomic E-state index is 4.86. The van der Waals surface area contributed by atoms with Crippen LogP contribution in [0.25, 0.3) is 82.5 Å². The van der Waals surface area contributed by atoms with Gasteiger partial charge >= 0.3 is 221 Å². The molecule has 7 saturated heterocycles. The van der Waals surface area contributed by atoms with Crippen molar-refractivity contribution < 1.29 is 0 Å². The minimum absolute atomic E-state index is 0.265. The molecule has 91 heavy (non-hydrogen) atoms. The summed E-state index contributed by atoms with van der Waals surface area (Å²) in [5, 5.41) is 10.4. The molecule has 1 spiro atoms. The van der Waals surface area contributed by atoms with Crippen LogP contribution in [0.2, 0.25) is 0 Å². The van der Waals surface area contributed by atoms with E-state index in [0.29, 0.717) is 14.0 Å². The Hall–Kier alpha value is -8.43. The van der Waals surface area contributed by atoms with Crippen LogP contribution < -0.4 is 59.3 Å². The number of rotatable bonds is 6. The molecule has 1 radical (unpaired) electrons. The summed E-state index contributed by atoms with van der Waals surface area (Å²) >= 11 is 0. The van der Waals surface area contributed by atoms with E-state index in [1.165, 1.54) is 144 Å². The fourth-order valence-corrected chi connectivity index (χ4v) is 46.8. The molecular formula is C74H56B11N4P2-2. The third-order valence-corrected chi connectivity index (χ3v) is 43.8. The van der Waals surface area contributed by atoms with Crippen molar-refractivity contribution in [2.75, 3.05) is 0 Å². The summed E-state index contributed by atoms with van der Waals surface area (Å²) in [5.74, 6) is 0. The molecule has 25 rings (SSSR count). The zero-order valence-electron chi connectivity index (χ0n) is 51.4. The number of fused-ring (bicyclic) bond motifs is 16. The predicted molar refractivity (Wildman–Crippen MR) is 413 cm³/mol. The second kappa shape index (κ2) is 17.4. The number of aromatic nitrogens is 3. The zero-order valence-corrected chi connectivity index (χ0v) is 53.2. The molecule has 0 amide bonds. The Morgan fingerprint density at radius 2 is 0.835 bits per heavy atom. The Morgan fingerprint density at radius 3 is 1.42 bits per heavy atom. The molecule has 2 bridgehead atoms. The van der Waals surface area contributed by atoms with Crippen LogP contribution in [-0.4, -0.2) is 85.7 Å². The summed E-state index contributed by atoms with van der Waals surface area (Å²) in [4.78, 5) is 4.86. The van der Waals surface area contributed by atoms with Crippen molar-refractivity contribution in [1.29, 1.82) is 0 Å². The third kappa shape index (κ3) is 6.16. The number of hydrogen-bond donors (Lipinski definition) is 1. The molecule has 10 aliphatic rings. The van der Waals surface area contributed by atoms with Crippen molar-refractivity contribution in [3.63, 3.8) is 0 Å². The number of hydrogen-bond acceptors (Lipinski definition) is 1. The number of nitrogens with zero attached hydrogens (tertiary/aromatic N) is 3. The van der Waals surface area contributed by atoms with Gasteiger partial charge in [0.15, 0.2) is 0 Å². The Labute approximate surface area is 534 Å². The van der Waals surface area contributed by atoms with Gasteiger partial charge in [0, 0.05) is 44.0 Å². The monoisotopic (exact) mass is 1180 g/mol. The molecule has 3 aromatic heterocycles. The van der Waals surface area contributed by atoms with Gasteiger partial charge in [0.05, 0.1) is 11.0 Å². The minimum atomic E-state index is -1.84. The van der Waals surface area contributed by atoms with Gasteiger partial charge in [0.25, 0.3) is 0 Å². The summed E-state index contributed by atoms with van der Waals surface area (Å²) in [6.45, 7) is 8.49. The normalized spacial score (nSPS) is 18.4. The summed E-state index contributed by atoms with van der Waals surface area (Å²) in [7, 11) is 0.317. The molecule has 4 nitrogen and oxygen atoms in total. The van der Waals surface area contributed by atoms with Crippen LogP contribution in [0.1, 0.15) is 11.1 Å². The van der Waals surface area contributed by atoms with Gasteiger partial charge < -0.3 is 9.13 Å². The van der Waals surface area contributed by atoms with Crippen molar-refractivity contribution in [2.24, 2.45) is 0 Å². The SMILES string of the molecule is Cc1ccc2c(c1)c1cccc3c1n2-c1ccccc1B3c1ccccc1.Cc1cccc2c1-n1c3ccccc3c3cccc(c31)B2c1ccccc1.[B]1B2B3[BH2-]P123NP12(c3cccc4c3c3cccc5c3n4-c3ccccc3B5c3ccccc3)B3[BH2-]B1B32. The summed E-state index contributed by atoms with van der Waals surface area (Å²) in [6.07, 6.45) is 2.69. The average molecular weight is 1180 g/mol. The number of aryl methyl sites for hydroxylation is 2. The first-order chi connectivity index (χ1) is 44.9. The summed E-state index contributed by atoms with van der Waals surface area (Å²) < 4.78 is 7.61. The van der Waals surface area contributed by atoms with E-state index in [9.17, 15) is 0 Å². The molecule has 0 aliphatic carbocycles. The predicted octanol–water partition coefficient (Wildman–Crippen LogP) is 7.74. The van der Waals surface area contributed by atoms with Crippen LogP contribution in [0.15, 0.2) is 273 Å². The van der Waals surface area contributed by atoms with E-state index in [2.05, 4.69) is 307 Å². The van der Waals surface area contributed by atoms with E-state index in [-0.39, 0.29) is 20.1 Å². The summed E-state index contributed by atoms with van der Waals surface area (Å²) in [6, 6.07) is 102. The van der Waals surface area contributed by atoms with Crippen LogP contribution >= 0.6 is 12.7 Å². The summed E-state index contributed by atoms with van der Waals surface area (Å²) in [5.41, 5.74) is 27.5. The quantitative estimate of drug-likeness (QED) is 0.134. The van der Waals surface area contributed by atoms with E-state index in [4.69, 9.17) is 4.86 Å². The van der Waals surface area contributed by atoms with Gasteiger partial charge in [-0.25, -0.2) is 0 Å². The Morgan fingerprint density at radius 1 is 0.385 bits per heavy atom. The first-order valence-corrected chi connectivity index (χ1v) is 39.1. The molecule has 0 unspecified atom stereocenters. The fourth-order valence-electron chi connectivity index (χ4n) is 21.5. The van der Waals surface area contributed by atoms with E-state index < -0.39 is 12.7 Å². The van der Waals surface area contributed by atoms with Gasteiger partial charge in [-0.05, 0) is 65.5 Å². The number of nitrogens with one attached hydrogen (secondary N) is 1. The van der Waals surface area contributed by atoms with E-state index in [0.717, 1.165) is 24.9 Å². The van der Waals surface area contributed by atoms with Crippen molar-refractivity contribution in [2.45, 2.75) is 13.8 Å². The molecule has 15 aromatic rings. The van der Waals surface area contributed by atoms with Crippen LogP contribution in [0.3, 0.4) is 0 Å². The molecule has 13 heterocycles. The van der Waals surface area contributed by atoms with Gasteiger partial charge in [0.1, 0.15) is 0 Å². The van der Waals surface area contributed by atoms with E-state index in [1.54, 1.807) is 5.39 Å². The molecular weight excluding hydrogens is 1130 g/mol. The van der Waals surface area contributed by atoms with Crippen molar-refractivity contribution in [3.05, 3.63) is 284 Å². The second-order valence-corrected chi connectivity index (χ2v) is 41.4. The van der Waals surface area contributed by atoms with Crippen molar-refractivity contribution >= 4 is 205 Å². The maximum absolute atomic E-state index is 4.86. The van der Waals surface area contributed by atoms with Crippen LogP contribution in [0.4, 0.5) is 0 Å². The molecule has 0 saturated carbocycles. The molecule has 417 valence electrons. The van der Waals surface area contributed by atoms with Crippen LogP contribution in [0.5, 0.6) is 0 Å². The van der Waals surface area contributed by atoms with Crippen molar-refractivity contribution in [3.8, 4) is 17.1 Å². The Balaban J connectivity index is 0.0000000920. The molecule has 12 aromatic carbocycles.